The summed E-state index contributed by atoms with van der Waals surface area (Å²) in [6.07, 6.45) is 9.08. The van der Waals surface area contributed by atoms with Crippen LogP contribution in [0.25, 0.3) is 4.91 Å². The molecule has 1 saturated heterocycles. The number of nitrogens with one attached hydrogen (secondary N) is 1. The van der Waals surface area contributed by atoms with Crippen molar-refractivity contribution in [2.45, 2.75) is 50.2 Å². The maximum Gasteiger partial charge on any atom is 0.129 e. The second-order valence-corrected chi connectivity index (χ2v) is 11.5. The average molecular weight is 452 g/mol. The van der Waals surface area contributed by atoms with E-state index in [1.165, 1.54) is 26.5 Å². The molecule has 6 heteroatoms. The Morgan fingerprint density at radius 3 is 2.81 bits per heavy atom. The Morgan fingerprint density at radius 1 is 1.31 bits per heavy atom. The van der Waals surface area contributed by atoms with E-state index in [-0.39, 0.29) is 0 Å². The van der Waals surface area contributed by atoms with Crippen LogP contribution in [-0.4, -0.2) is 31.9 Å². The molecule has 1 aromatic heterocycles. The number of H-pyrrole nitrogens is 1. The number of hydrogen-bond donors (Lipinski definition) is 1. The molecule has 0 spiro atoms. The third-order valence-corrected chi connectivity index (χ3v) is 9.14. The van der Waals surface area contributed by atoms with Crippen LogP contribution in [0.1, 0.15) is 51.2 Å². The lowest BCUT2D eigenvalue weighted by Crippen LogP contribution is -2.28. The van der Waals surface area contributed by atoms with Crippen molar-refractivity contribution in [3.8, 4) is 0 Å². The Hall–Kier alpha value is -0.590. The molecule has 2 unspecified atom stereocenters. The Morgan fingerprint density at radius 2 is 2.08 bits per heavy atom. The van der Waals surface area contributed by atoms with E-state index in [4.69, 9.17) is 4.98 Å². The van der Waals surface area contributed by atoms with Crippen molar-refractivity contribution in [3.05, 3.63) is 46.0 Å². The molecule has 4 atom stereocenters. The van der Waals surface area contributed by atoms with Crippen LogP contribution in [0.4, 0.5) is 0 Å². The minimum Gasteiger partial charge on any atom is -0.365 e. The van der Waals surface area contributed by atoms with Gasteiger partial charge in [-0.1, -0.05) is 33.4 Å². The first-order valence-electron chi connectivity index (χ1n) is 9.37. The van der Waals surface area contributed by atoms with Crippen molar-refractivity contribution in [1.29, 1.82) is 0 Å². The van der Waals surface area contributed by atoms with Crippen LogP contribution in [-0.2, 0) is 0 Å². The number of hydrogen-bond acceptors (Lipinski definition) is 4. The minimum atomic E-state index is 0.340. The molecular formula is C20H26BrN3S2. The first-order chi connectivity index (χ1) is 12.4. The highest BCUT2D eigenvalue weighted by Gasteiger charge is 2.35. The molecule has 3 aliphatic heterocycles. The van der Waals surface area contributed by atoms with E-state index in [9.17, 15) is 0 Å². The van der Waals surface area contributed by atoms with Gasteiger partial charge in [-0.15, -0.1) is 23.5 Å². The summed E-state index contributed by atoms with van der Waals surface area (Å²) in [4.78, 5) is 12.2. The van der Waals surface area contributed by atoms with Gasteiger partial charge in [-0.2, -0.15) is 0 Å². The van der Waals surface area contributed by atoms with Crippen molar-refractivity contribution >= 4 is 44.4 Å². The molecular weight excluding hydrogens is 426 g/mol. The van der Waals surface area contributed by atoms with Crippen molar-refractivity contribution < 1.29 is 0 Å². The Balaban J connectivity index is 1.49. The van der Waals surface area contributed by atoms with E-state index < -0.39 is 0 Å². The summed E-state index contributed by atoms with van der Waals surface area (Å²) in [5, 5.41) is 1.09. The molecule has 0 saturated carbocycles. The van der Waals surface area contributed by atoms with Crippen molar-refractivity contribution in [1.82, 2.24) is 14.9 Å². The fourth-order valence-electron chi connectivity index (χ4n) is 3.85. The minimum absolute atomic E-state index is 0.340. The fourth-order valence-corrected chi connectivity index (χ4v) is 7.53. The van der Waals surface area contributed by atoms with Gasteiger partial charge in [0.05, 0.1) is 17.9 Å². The number of fused-ring (bicyclic) bond motifs is 1. The second-order valence-electron chi connectivity index (χ2n) is 7.72. The van der Waals surface area contributed by atoms with E-state index in [1.807, 2.05) is 29.7 Å². The molecule has 1 aromatic rings. The summed E-state index contributed by atoms with van der Waals surface area (Å²) in [5.41, 5.74) is 2.43. The van der Waals surface area contributed by atoms with Crippen LogP contribution in [0.2, 0.25) is 0 Å². The molecule has 4 heterocycles. The highest BCUT2D eigenvalue weighted by atomic mass is 79.9. The van der Waals surface area contributed by atoms with Gasteiger partial charge in [0.2, 0.25) is 0 Å². The summed E-state index contributed by atoms with van der Waals surface area (Å²) in [5.74, 6) is 2.21. The molecule has 3 nitrogen and oxygen atoms in total. The maximum atomic E-state index is 4.76. The SMILES string of the molecule is C=C([C@@H](C)C(C)C)N1CCC[C@H]1c1ncc(C2=CC3SC(Br)=CC3S2)[nH]1. The normalized spacial score (nSPS) is 29.1. The second kappa shape index (κ2) is 7.44. The summed E-state index contributed by atoms with van der Waals surface area (Å²) in [6.45, 7) is 12.3. The monoisotopic (exact) mass is 451 g/mol. The summed E-state index contributed by atoms with van der Waals surface area (Å²) < 4.78 is 1.26. The predicted molar refractivity (Wildman–Crippen MR) is 118 cm³/mol. The average Bonchev–Trinajstić information content (AvgIpc) is 3.34. The zero-order valence-electron chi connectivity index (χ0n) is 15.5. The van der Waals surface area contributed by atoms with Crippen LogP contribution in [0.5, 0.6) is 0 Å². The highest BCUT2D eigenvalue weighted by Crippen LogP contribution is 2.51. The van der Waals surface area contributed by atoms with Gasteiger partial charge in [-0.05, 0) is 46.7 Å². The maximum absolute atomic E-state index is 4.76. The largest absolute Gasteiger partial charge is 0.365 e. The summed E-state index contributed by atoms with van der Waals surface area (Å²) in [7, 11) is 0. The lowest BCUT2D eigenvalue weighted by Gasteiger charge is -2.32. The summed E-state index contributed by atoms with van der Waals surface area (Å²) >= 11 is 7.45. The van der Waals surface area contributed by atoms with Crippen LogP contribution in [0, 0.1) is 11.8 Å². The zero-order chi connectivity index (χ0) is 18.4. The molecule has 1 N–H and O–H groups in total. The zero-order valence-corrected chi connectivity index (χ0v) is 18.8. The summed E-state index contributed by atoms with van der Waals surface area (Å²) in [6, 6.07) is 0.340. The highest BCUT2D eigenvalue weighted by molar-refractivity contribution is 9.14. The van der Waals surface area contributed by atoms with E-state index in [2.05, 4.69) is 65.3 Å². The number of thioether (sulfide) groups is 2. The van der Waals surface area contributed by atoms with Crippen molar-refractivity contribution in [2.75, 3.05) is 6.54 Å². The molecule has 4 rings (SSSR count). The Bertz CT molecular complexity index is 767. The van der Waals surface area contributed by atoms with Crippen LogP contribution in [0.15, 0.2) is 34.4 Å². The van der Waals surface area contributed by atoms with Gasteiger partial charge in [0.25, 0.3) is 0 Å². The molecule has 26 heavy (non-hydrogen) atoms. The van der Waals surface area contributed by atoms with E-state index >= 15 is 0 Å². The number of allylic oxidation sites excluding steroid dienone is 1. The number of aromatic nitrogens is 2. The first-order valence-corrected chi connectivity index (χ1v) is 11.9. The van der Waals surface area contributed by atoms with Crippen LogP contribution >= 0.6 is 39.5 Å². The number of nitrogens with zero attached hydrogens (tertiary/aromatic N) is 2. The standard InChI is InChI=1S/C20H26BrN3S2/c1-11(2)12(3)13(4)24-7-5-6-15(24)20-22-10-14(23-20)16-8-17-18(25-16)9-19(21)26-17/h8-12,15,17-18H,4-7H2,1-3H3,(H,22,23)/t12-,15-,17?,18?/m0/s1. The third kappa shape index (κ3) is 3.45. The smallest absolute Gasteiger partial charge is 0.129 e. The van der Waals surface area contributed by atoms with Gasteiger partial charge in [0.1, 0.15) is 5.82 Å². The Labute approximate surface area is 173 Å². The fraction of sp³-hybridized carbons (Fsp3) is 0.550. The molecule has 0 amide bonds. The predicted octanol–water partition coefficient (Wildman–Crippen LogP) is 6.16. The first kappa shape index (κ1) is 18.8. The Kier molecular flexibility index (Phi) is 5.37. The van der Waals surface area contributed by atoms with Gasteiger partial charge in [0, 0.05) is 31.5 Å². The number of rotatable bonds is 5. The molecule has 0 aliphatic carbocycles. The van der Waals surface area contributed by atoms with Gasteiger partial charge in [-0.3, -0.25) is 0 Å². The van der Waals surface area contributed by atoms with Gasteiger partial charge < -0.3 is 9.88 Å². The molecule has 1 fully saturated rings. The van der Waals surface area contributed by atoms with E-state index in [0.717, 1.165) is 18.8 Å². The van der Waals surface area contributed by atoms with Crippen LogP contribution < -0.4 is 0 Å². The van der Waals surface area contributed by atoms with Crippen molar-refractivity contribution in [3.63, 3.8) is 0 Å². The number of aromatic amines is 1. The molecule has 140 valence electrons. The van der Waals surface area contributed by atoms with Gasteiger partial charge >= 0.3 is 0 Å². The quantitative estimate of drug-likeness (QED) is 0.580. The molecule has 0 bridgehead atoms. The number of likely N-dealkylation sites (tertiary alicyclic amines) is 1. The lowest BCUT2D eigenvalue weighted by atomic mass is 9.94. The van der Waals surface area contributed by atoms with Crippen LogP contribution in [0.3, 0.4) is 0 Å². The number of imidazole rings is 1. The van der Waals surface area contributed by atoms with Crippen molar-refractivity contribution in [2.24, 2.45) is 11.8 Å². The molecule has 3 aliphatic rings. The molecule has 0 radical (unpaired) electrons. The lowest BCUT2D eigenvalue weighted by molar-refractivity contribution is 0.262. The topological polar surface area (TPSA) is 31.9 Å². The van der Waals surface area contributed by atoms with E-state index in [0.29, 0.717) is 28.4 Å². The van der Waals surface area contributed by atoms with E-state index in [1.54, 1.807) is 0 Å². The third-order valence-electron chi connectivity index (χ3n) is 5.77. The van der Waals surface area contributed by atoms with Gasteiger partial charge in [0.15, 0.2) is 0 Å². The van der Waals surface area contributed by atoms with Gasteiger partial charge in [-0.25, -0.2) is 4.98 Å². The molecule has 0 aromatic carbocycles. The number of halogens is 1.